The first-order chi connectivity index (χ1) is 11.5. The Kier molecular flexibility index (Phi) is 4.33. The van der Waals surface area contributed by atoms with Gasteiger partial charge in [-0.3, -0.25) is 14.5 Å². The number of pyridine rings is 1. The van der Waals surface area contributed by atoms with E-state index in [1.54, 1.807) is 17.9 Å². The molecule has 0 saturated heterocycles. The summed E-state index contributed by atoms with van der Waals surface area (Å²) in [6.45, 7) is 0.165. The van der Waals surface area contributed by atoms with Crippen LogP contribution in [0.2, 0.25) is 0 Å². The fraction of sp³-hybridized carbons (Fsp3) is 0.118. The minimum atomic E-state index is -1.06. The Morgan fingerprint density at radius 3 is 2.71 bits per heavy atom. The summed E-state index contributed by atoms with van der Waals surface area (Å²) in [6.07, 6.45) is 1.69. The standard InChI is InChI=1S/C17H14F2N4O/c1-23-16(15-4-2-3-7-20-15)9-12(22-23)10-21-17(24)11-5-6-13(18)14(19)8-11/h2-9H,10H2,1H3,(H,21,24). The van der Waals surface area contributed by atoms with Crippen molar-refractivity contribution in [2.45, 2.75) is 6.54 Å². The molecule has 1 aromatic carbocycles. The number of carbonyl (C=O) groups excluding carboxylic acids is 1. The number of rotatable bonds is 4. The van der Waals surface area contributed by atoms with E-state index in [1.807, 2.05) is 24.3 Å². The van der Waals surface area contributed by atoms with Crippen LogP contribution >= 0.6 is 0 Å². The molecule has 0 fully saturated rings. The topological polar surface area (TPSA) is 59.8 Å². The Labute approximate surface area is 137 Å². The molecule has 5 nitrogen and oxygen atoms in total. The second-order valence-electron chi connectivity index (χ2n) is 5.17. The Bertz CT molecular complexity index is 878. The third-order valence-electron chi connectivity index (χ3n) is 3.47. The fourth-order valence-electron chi connectivity index (χ4n) is 2.28. The Morgan fingerprint density at radius 2 is 2.00 bits per heavy atom. The van der Waals surface area contributed by atoms with Crippen molar-refractivity contribution >= 4 is 5.91 Å². The fourth-order valence-corrected chi connectivity index (χ4v) is 2.28. The monoisotopic (exact) mass is 328 g/mol. The van der Waals surface area contributed by atoms with Crippen LogP contribution < -0.4 is 5.32 Å². The summed E-state index contributed by atoms with van der Waals surface area (Å²) in [7, 11) is 1.78. The SMILES string of the molecule is Cn1nc(CNC(=O)c2ccc(F)c(F)c2)cc1-c1ccccn1. The molecule has 0 spiro atoms. The summed E-state index contributed by atoms with van der Waals surface area (Å²) in [5, 5.41) is 6.94. The lowest BCUT2D eigenvalue weighted by molar-refractivity contribution is 0.0950. The van der Waals surface area contributed by atoms with Crippen molar-refractivity contribution in [3.05, 3.63) is 71.6 Å². The van der Waals surface area contributed by atoms with Crippen molar-refractivity contribution in [3.63, 3.8) is 0 Å². The van der Waals surface area contributed by atoms with E-state index in [2.05, 4.69) is 15.4 Å². The van der Waals surface area contributed by atoms with Gasteiger partial charge in [-0.05, 0) is 36.4 Å². The van der Waals surface area contributed by atoms with Gasteiger partial charge in [0.1, 0.15) is 0 Å². The summed E-state index contributed by atoms with van der Waals surface area (Å²) < 4.78 is 27.7. The molecule has 7 heteroatoms. The van der Waals surface area contributed by atoms with Crippen molar-refractivity contribution in [1.82, 2.24) is 20.1 Å². The summed E-state index contributed by atoms with van der Waals surface area (Å²) in [5.41, 5.74) is 2.27. The van der Waals surface area contributed by atoms with Crippen LogP contribution in [0.3, 0.4) is 0 Å². The first kappa shape index (κ1) is 15.8. The number of aromatic nitrogens is 3. The zero-order valence-corrected chi connectivity index (χ0v) is 12.8. The van der Waals surface area contributed by atoms with Crippen molar-refractivity contribution in [3.8, 4) is 11.4 Å². The van der Waals surface area contributed by atoms with Gasteiger partial charge in [-0.25, -0.2) is 8.78 Å². The highest BCUT2D eigenvalue weighted by Crippen LogP contribution is 2.17. The van der Waals surface area contributed by atoms with Gasteiger partial charge in [-0.1, -0.05) is 6.07 Å². The molecule has 0 bridgehead atoms. The molecule has 2 aromatic heterocycles. The van der Waals surface area contributed by atoms with E-state index in [0.717, 1.165) is 23.5 Å². The normalized spacial score (nSPS) is 10.6. The molecule has 1 N–H and O–H groups in total. The average molecular weight is 328 g/mol. The van der Waals surface area contributed by atoms with Crippen LogP contribution in [0.5, 0.6) is 0 Å². The molecule has 3 aromatic rings. The predicted molar refractivity (Wildman–Crippen MR) is 84.0 cm³/mol. The number of benzene rings is 1. The van der Waals surface area contributed by atoms with Gasteiger partial charge in [0.25, 0.3) is 5.91 Å². The second kappa shape index (κ2) is 6.57. The van der Waals surface area contributed by atoms with E-state index in [-0.39, 0.29) is 12.1 Å². The number of nitrogens with one attached hydrogen (secondary N) is 1. The predicted octanol–water partition coefficient (Wildman–Crippen LogP) is 2.69. The van der Waals surface area contributed by atoms with Gasteiger partial charge >= 0.3 is 0 Å². The van der Waals surface area contributed by atoms with Crippen LogP contribution in [-0.4, -0.2) is 20.7 Å². The Balaban J connectivity index is 1.71. The van der Waals surface area contributed by atoms with Crippen LogP contribution in [0.15, 0.2) is 48.7 Å². The van der Waals surface area contributed by atoms with Gasteiger partial charge < -0.3 is 5.32 Å². The number of halogens is 2. The van der Waals surface area contributed by atoms with E-state index in [1.165, 1.54) is 6.07 Å². The largest absolute Gasteiger partial charge is 0.346 e. The van der Waals surface area contributed by atoms with E-state index >= 15 is 0 Å². The number of hydrogen-bond acceptors (Lipinski definition) is 3. The smallest absolute Gasteiger partial charge is 0.251 e. The first-order valence-corrected chi connectivity index (χ1v) is 7.22. The molecule has 0 atom stereocenters. The molecule has 0 radical (unpaired) electrons. The van der Waals surface area contributed by atoms with Gasteiger partial charge in [-0.2, -0.15) is 5.10 Å². The van der Waals surface area contributed by atoms with Crippen LogP contribution in [-0.2, 0) is 13.6 Å². The number of amides is 1. The molecule has 122 valence electrons. The highest BCUT2D eigenvalue weighted by molar-refractivity contribution is 5.94. The Morgan fingerprint density at radius 1 is 1.17 bits per heavy atom. The molecular weight excluding hydrogens is 314 g/mol. The van der Waals surface area contributed by atoms with Crippen LogP contribution in [0.25, 0.3) is 11.4 Å². The second-order valence-corrected chi connectivity index (χ2v) is 5.17. The number of hydrogen-bond donors (Lipinski definition) is 1. The molecule has 24 heavy (non-hydrogen) atoms. The van der Waals surface area contributed by atoms with Crippen LogP contribution in [0.1, 0.15) is 16.1 Å². The summed E-state index contributed by atoms with van der Waals surface area (Å²) in [6, 6.07) is 10.4. The third kappa shape index (κ3) is 3.29. The van der Waals surface area contributed by atoms with Crippen molar-refractivity contribution in [2.24, 2.45) is 7.05 Å². The van der Waals surface area contributed by atoms with Gasteiger partial charge in [0, 0.05) is 18.8 Å². The van der Waals surface area contributed by atoms with Crippen molar-refractivity contribution < 1.29 is 13.6 Å². The summed E-state index contributed by atoms with van der Waals surface area (Å²) in [5.74, 6) is -2.55. The van der Waals surface area contributed by atoms with Crippen molar-refractivity contribution in [2.75, 3.05) is 0 Å². The summed E-state index contributed by atoms with van der Waals surface area (Å²) in [4.78, 5) is 16.3. The molecule has 0 aliphatic carbocycles. The van der Waals surface area contributed by atoms with E-state index in [9.17, 15) is 13.6 Å². The minimum Gasteiger partial charge on any atom is -0.346 e. The number of carbonyl (C=O) groups is 1. The lowest BCUT2D eigenvalue weighted by Crippen LogP contribution is -2.23. The highest BCUT2D eigenvalue weighted by atomic mass is 19.2. The molecule has 1 amide bonds. The van der Waals surface area contributed by atoms with E-state index in [0.29, 0.717) is 5.69 Å². The van der Waals surface area contributed by atoms with Crippen molar-refractivity contribution in [1.29, 1.82) is 0 Å². The maximum atomic E-state index is 13.2. The minimum absolute atomic E-state index is 0.0507. The molecule has 2 heterocycles. The molecular formula is C17H14F2N4O. The number of nitrogens with zero attached hydrogens (tertiary/aromatic N) is 3. The lowest BCUT2D eigenvalue weighted by atomic mass is 10.2. The highest BCUT2D eigenvalue weighted by Gasteiger charge is 2.12. The molecule has 0 saturated carbocycles. The zero-order chi connectivity index (χ0) is 17.1. The van der Waals surface area contributed by atoms with E-state index < -0.39 is 17.5 Å². The molecule has 0 unspecified atom stereocenters. The van der Waals surface area contributed by atoms with Crippen LogP contribution in [0, 0.1) is 11.6 Å². The average Bonchev–Trinajstić information content (AvgIpc) is 2.97. The maximum Gasteiger partial charge on any atom is 0.251 e. The quantitative estimate of drug-likeness (QED) is 0.801. The third-order valence-corrected chi connectivity index (χ3v) is 3.47. The summed E-state index contributed by atoms with van der Waals surface area (Å²) >= 11 is 0. The molecule has 0 aliphatic heterocycles. The van der Waals surface area contributed by atoms with Crippen LogP contribution in [0.4, 0.5) is 8.78 Å². The van der Waals surface area contributed by atoms with Gasteiger partial charge in [0.05, 0.1) is 23.6 Å². The molecule has 0 aliphatic rings. The first-order valence-electron chi connectivity index (χ1n) is 7.22. The number of aryl methyl sites for hydroxylation is 1. The zero-order valence-electron chi connectivity index (χ0n) is 12.8. The Hall–Kier alpha value is -3.09. The lowest BCUT2D eigenvalue weighted by Gasteiger charge is -2.03. The van der Waals surface area contributed by atoms with E-state index in [4.69, 9.17) is 0 Å². The maximum absolute atomic E-state index is 13.2. The molecule has 3 rings (SSSR count). The van der Waals surface area contributed by atoms with Gasteiger partial charge in [-0.15, -0.1) is 0 Å². The van der Waals surface area contributed by atoms with Gasteiger partial charge in [0.15, 0.2) is 11.6 Å². The van der Waals surface area contributed by atoms with Gasteiger partial charge in [0.2, 0.25) is 0 Å².